The lowest BCUT2D eigenvalue weighted by Gasteiger charge is -2.09. The van der Waals surface area contributed by atoms with E-state index in [0.717, 1.165) is 21.7 Å². The largest absolute Gasteiger partial charge is 0.497 e. The van der Waals surface area contributed by atoms with E-state index in [0.29, 0.717) is 5.78 Å². The Kier molecular flexibility index (Phi) is 4.47. The lowest BCUT2D eigenvalue weighted by atomic mass is 10.2. The summed E-state index contributed by atoms with van der Waals surface area (Å²) in [5.41, 5.74) is 1.40. The monoisotopic (exact) mass is 433 g/mol. The molecule has 162 valence electrons. The molecule has 0 atom stereocenters. The highest BCUT2D eigenvalue weighted by Gasteiger charge is 2.21. The molecule has 0 aliphatic rings. The summed E-state index contributed by atoms with van der Waals surface area (Å²) in [6, 6.07) is 13.5. The van der Waals surface area contributed by atoms with Gasteiger partial charge in [-0.25, -0.2) is 9.18 Å². The summed E-state index contributed by atoms with van der Waals surface area (Å²) >= 11 is 0. The number of halogens is 1. The van der Waals surface area contributed by atoms with E-state index in [1.54, 1.807) is 43.0 Å². The minimum Gasteiger partial charge on any atom is -0.497 e. The van der Waals surface area contributed by atoms with Gasteiger partial charge in [-0.15, -0.1) is 0 Å². The maximum Gasteiger partial charge on any atom is 0.332 e. The number of ether oxygens (including phenoxy) is 1. The van der Waals surface area contributed by atoms with Crippen molar-refractivity contribution < 1.29 is 9.13 Å². The highest BCUT2D eigenvalue weighted by molar-refractivity contribution is 5.76. The van der Waals surface area contributed by atoms with E-state index >= 15 is 0 Å². The van der Waals surface area contributed by atoms with Gasteiger partial charge < -0.3 is 4.74 Å². The zero-order valence-electron chi connectivity index (χ0n) is 17.7. The molecule has 32 heavy (non-hydrogen) atoms. The SMILES string of the molecule is COc1ccc(-n2c(C)cn3c4c(=O)n(Cc5ccccc5F)c(=O)n(C)c4nc23)cc1. The predicted octanol–water partition coefficient (Wildman–Crippen LogP) is 2.64. The highest BCUT2D eigenvalue weighted by Crippen LogP contribution is 2.22. The summed E-state index contributed by atoms with van der Waals surface area (Å²) in [4.78, 5) is 30.9. The molecule has 8 nitrogen and oxygen atoms in total. The summed E-state index contributed by atoms with van der Waals surface area (Å²) in [6.45, 7) is 1.74. The van der Waals surface area contributed by atoms with E-state index < -0.39 is 17.1 Å². The second-order valence-corrected chi connectivity index (χ2v) is 7.58. The van der Waals surface area contributed by atoms with Crippen LogP contribution in [-0.2, 0) is 13.6 Å². The Hall–Kier alpha value is -4.14. The Labute approximate surface area is 181 Å². The van der Waals surface area contributed by atoms with Crippen LogP contribution < -0.4 is 16.0 Å². The summed E-state index contributed by atoms with van der Waals surface area (Å²) in [6.07, 6.45) is 1.80. The normalized spacial score (nSPS) is 11.5. The quantitative estimate of drug-likeness (QED) is 0.437. The highest BCUT2D eigenvalue weighted by atomic mass is 19.1. The van der Waals surface area contributed by atoms with Crippen LogP contribution in [-0.4, -0.2) is 30.2 Å². The third kappa shape index (κ3) is 2.85. The third-order valence-corrected chi connectivity index (χ3v) is 5.64. The Morgan fingerprint density at radius 3 is 2.47 bits per heavy atom. The van der Waals surface area contributed by atoms with Crippen molar-refractivity contribution in [3.8, 4) is 11.4 Å². The van der Waals surface area contributed by atoms with Crippen molar-refractivity contribution >= 4 is 16.9 Å². The Morgan fingerprint density at radius 1 is 1.06 bits per heavy atom. The number of benzene rings is 2. The van der Waals surface area contributed by atoms with Gasteiger partial charge in [0.05, 0.1) is 13.7 Å². The molecule has 0 fully saturated rings. The van der Waals surface area contributed by atoms with E-state index in [4.69, 9.17) is 4.74 Å². The molecule has 0 aliphatic heterocycles. The molecule has 0 amide bonds. The standard InChI is InChI=1S/C23H20FN5O3/c1-14-12-27-19-20(25-22(27)29(14)16-8-10-17(32-3)11-9-16)26(2)23(31)28(21(19)30)13-15-6-4-5-7-18(15)24/h4-12H,13H2,1-3H3. The molecule has 0 spiro atoms. The Bertz CT molecular complexity index is 1610. The van der Waals surface area contributed by atoms with Gasteiger partial charge in [0.1, 0.15) is 11.6 Å². The summed E-state index contributed by atoms with van der Waals surface area (Å²) in [7, 11) is 3.15. The van der Waals surface area contributed by atoms with Gasteiger partial charge in [-0.05, 0) is 37.3 Å². The number of nitrogens with zero attached hydrogens (tertiary/aromatic N) is 5. The maximum atomic E-state index is 14.2. The van der Waals surface area contributed by atoms with E-state index in [2.05, 4.69) is 4.98 Å². The molecule has 5 aromatic rings. The van der Waals surface area contributed by atoms with Gasteiger partial charge in [0.2, 0.25) is 5.78 Å². The van der Waals surface area contributed by atoms with Crippen LogP contribution in [0.2, 0.25) is 0 Å². The molecule has 0 N–H and O–H groups in total. The molecule has 0 saturated heterocycles. The van der Waals surface area contributed by atoms with Crippen LogP contribution in [0.25, 0.3) is 22.6 Å². The Morgan fingerprint density at radius 2 is 1.78 bits per heavy atom. The molecule has 3 heterocycles. The zero-order valence-corrected chi connectivity index (χ0v) is 17.7. The van der Waals surface area contributed by atoms with Crippen LogP contribution in [0.3, 0.4) is 0 Å². The first kappa shape index (κ1) is 19.8. The number of imidazole rings is 2. The number of fused-ring (bicyclic) bond motifs is 3. The topological polar surface area (TPSA) is 75.5 Å². The van der Waals surface area contributed by atoms with Crippen molar-refractivity contribution in [1.82, 2.24) is 23.1 Å². The van der Waals surface area contributed by atoms with Gasteiger partial charge in [0.15, 0.2) is 11.2 Å². The van der Waals surface area contributed by atoms with Gasteiger partial charge in [0, 0.05) is 30.2 Å². The van der Waals surface area contributed by atoms with Crippen LogP contribution >= 0.6 is 0 Å². The first-order chi connectivity index (χ1) is 15.4. The molecule has 0 radical (unpaired) electrons. The minimum absolute atomic E-state index is 0.167. The van der Waals surface area contributed by atoms with Crippen molar-refractivity contribution in [1.29, 1.82) is 0 Å². The van der Waals surface area contributed by atoms with Crippen molar-refractivity contribution in [3.05, 3.63) is 92.6 Å². The minimum atomic E-state index is -0.556. The van der Waals surface area contributed by atoms with Crippen LogP contribution in [0.15, 0.2) is 64.3 Å². The van der Waals surface area contributed by atoms with Gasteiger partial charge in [-0.3, -0.25) is 22.9 Å². The fraction of sp³-hybridized carbons (Fsp3) is 0.174. The number of methoxy groups -OCH3 is 1. The van der Waals surface area contributed by atoms with Crippen molar-refractivity contribution in [3.63, 3.8) is 0 Å². The average molecular weight is 433 g/mol. The predicted molar refractivity (Wildman–Crippen MR) is 118 cm³/mol. The first-order valence-corrected chi connectivity index (χ1v) is 9.98. The van der Waals surface area contributed by atoms with Crippen molar-refractivity contribution in [2.24, 2.45) is 7.05 Å². The lowest BCUT2D eigenvalue weighted by molar-refractivity contribution is 0.414. The summed E-state index contributed by atoms with van der Waals surface area (Å²) < 4.78 is 25.3. The second-order valence-electron chi connectivity index (χ2n) is 7.58. The molecule has 0 unspecified atom stereocenters. The van der Waals surface area contributed by atoms with Gasteiger partial charge in [0.25, 0.3) is 5.56 Å². The van der Waals surface area contributed by atoms with Crippen molar-refractivity contribution in [2.45, 2.75) is 13.5 Å². The molecule has 5 rings (SSSR count). The first-order valence-electron chi connectivity index (χ1n) is 9.98. The molecule has 2 aromatic carbocycles. The molecular weight excluding hydrogens is 413 g/mol. The molecule has 0 bridgehead atoms. The smallest absolute Gasteiger partial charge is 0.332 e. The summed E-state index contributed by atoms with van der Waals surface area (Å²) in [5.74, 6) is 0.751. The number of hydrogen-bond donors (Lipinski definition) is 0. The fourth-order valence-electron chi connectivity index (χ4n) is 4.00. The summed E-state index contributed by atoms with van der Waals surface area (Å²) in [5, 5.41) is 0. The lowest BCUT2D eigenvalue weighted by Crippen LogP contribution is -2.39. The number of hydrogen-bond acceptors (Lipinski definition) is 4. The van der Waals surface area contributed by atoms with Crippen molar-refractivity contribution in [2.75, 3.05) is 7.11 Å². The number of aryl methyl sites for hydroxylation is 2. The average Bonchev–Trinajstić information content (AvgIpc) is 3.31. The fourth-order valence-corrected chi connectivity index (χ4v) is 4.00. The second kappa shape index (κ2) is 7.23. The van der Waals surface area contributed by atoms with Gasteiger partial charge >= 0.3 is 5.69 Å². The number of rotatable bonds is 4. The van der Waals surface area contributed by atoms with Crippen LogP contribution in [0, 0.1) is 12.7 Å². The Balaban J connectivity index is 1.77. The van der Waals surface area contributed by atoms with Gasteiger partial charge in [-0.2, -0.15) is 4.98 Å². The third-order valence-electron chi connectivity index (χ3n) is 5.64. The van der Waals surface area contributed by atoms with E-state index in [1.807, 2.05) is 35.8 Å². The van der Waals surface area contributed by atoms with E-state index in [-0.39, 0.29) is 23.3 Å². The zero-order chi connectivity index (χ0) is 22.6. The van der Waals surface area contributed by atoms with E-state index in [1.165, 1.54) is 10.6 Å². The molecular formula is C23H20FN5O3. The van der Waals surface area contributed by atoms with Crippen LogP contribution in [0.4, 0.5) is 4.39 Å². The molecule has 0 aliphatic carbocycles. The van der Waals surface area contributed by atoms with E-state index in [9.17, 15) is 14.0 Å². The van der Waals surface area contributed by atoms with Gasteiger partial charge in [-0.1, -0.05) is 18.2 Å². The van der Waals surface area contributed by atoms with Crippen LogP contribution in [0.1, 0.15) is 11.3 Å². The molecule has 3 aromatic heterocycles. The molecule has 9 heteroatoms. The number of aromatic nitrogens is 5. The maximum absolute atomic E-state index is 14.2. The molecule has 0 saturated carbocycles. The van der Waals surface area contributed by atoms with Crippen LogP contribution in [0.5, 0.6) is 5.75 Å².